The van der Waals surface area contributed by atoms with Gasteiger partial charge in [0.1, 0.15) is 5.82 Å². The molecule has 3 heterocycles. The first-order valence-corrected chi connectivity index (χ1v) is 11.7. The van der Waals surface area contributed by atoms with E-state index in [0.29, 0.717) is 5.95 Å². The van der Waals surface area contributed by atoms with Gasteiger partial charge in [0.25, 0.3) is 0 Å². The zero-order chi connectivity index (χ0) is 22.6. The second-order valence-electron chi connectivity index (χ2n) is 9.58. The minimum absolute atomic E-state index is 0.0535. The molecule has 1 aromatic heterocycles. The molecule has 2 fully saturated rings. The number of fused-ring (bicyclic) bond motifs is 1. The van der Waals surface area contributed by atoms with Crippen molar-refractivity contribution < 1.29 is 9.47 Å². The van der Waals surface area contributed by atoms with E-state index >= 15 is 0 Å². The van der Waals surface area contributed by atoms with Gasteiger partial charge in [-0.15, -0.1) is 0 Å². The quantitative estimate of drug-likeness (QED) is 0.646. The Labute approximate surface area is 191 Å². The summed E-state index contributed by atoms with van der Waals surface area (Å²) < 4.78 is 11.2. The predicted octanol–water partition coefficient (Wildman–Crippen LogP) is 2.68. The number of ether oxygens (including phenoxy) is 2. The van der Waals surface area contributed by atoms with Crippen molar-refractivity contribution in [3.63, 3.8) is 0 Å². The molecule has 8 nitrogen and oxygen atoms in total. The zero-order valence-corrected chi connectivity index (χ0v) is 20.0. The number of anilines is 2. The van der Waals surface area contributed by atoms with Crippen molar-refractivity contribution >= 4 is 22.7 Å². The van der Waals surface area contributed by atoms with E-state index in [-0.39, 0.29) is 11.1 Å². The Morgan fingerprint density at radius 2 is 1.31 bits per heavy atom. The van der Waals surface area contributed by atoms with Gasteiger partial charge in [-0.2, -0.15) is 4.98 Å². The van der Waals surface area contributed by atoms with Gasteiger partial charge in [-0.05, 0) is 66.0 Å². The molecule has 2 aliphatic heterocycles. The molecule has 0 amide bonds. The summed E-state index contributed by atoms with van der Waals surface area (Å²) in [5.41, 5.74) is 1.07. The SMILES string of the molecule is CN(C)C1(CNc2nc(NCC3(N(C)C)CCOCC3)c3ccccc3n2)CCOCC1. The van der Waals surface area contributed by atoms with Gasteiger partial charge < -0.3 is 29.9 Å². The number of likely N-dealkylation sites (N-methyl/N-ethyl adjacent to an activating group) is 2. The fourth-order valence-corrected chi connectivity index (χ4v) is 4.85. The van der Waals surface area contributed by atoms with Gasteiger partial charge in [0.15, 0.2) is 0 Å². The van der Waals surface area contributed by atoms with Gasteiger partial charge in [0.05, 0.1) is 5.52 Å². The molecular weight excluding hydrogens is 404 g/mol. The molecule has 8 heteroatoms. The molecule has 0 atom stereocenters. The molecular formula is C24H38N6O2. The Hall–Kier alpha value is -2.00. The number of hydrogen-bond acceptors (Lipinski definition) is 8. The number of hydrogen-bond donors (Lipinski definition) is 2. The molecule has 4 rings (SSSR count). The van der Waals surface area contributed by atoms with E-state index in [4.69, 9.17) is 19.4 Å². The monoisotopic (exact) mass is 442 g/mol. The van der Waals surface area contributed by atoms with Gasteiger partial charge in [0, 0.05) is 56.0 Å². The van der Waals surface area contributed by atoms with Gasteiger partial charge >= 0.3 is 0 Å². The average molecular weight is 443 g/mol. The van der Waals surface area contributed by atoms with E-state index < -0.39 is 0 Å². The van der Waals surface area contributed by atoms with Crippen LogP contribution in [0, 0.1) is 0 Å². The summed E-state index contributed by atoms with van der Waals surface area (Å²) >= 11 is 0. The fourth-order valence-electron chi connectivity index (χ4n) is 4.85. The zero-order valence-electron chi connectivity index (χ0n) is 20.0. The molecule has 0 spiro atoms. The van der Waals surface area contributed by atoms with Gasteiger partial charge in [0.2, 0.25) is 5.95 Å². The number of nitrogens with one attached hydrogen (secondary N) is 2. The molecule has 0 unspecified atom stereocenters. The van der Waals surface area contributed by atoms with Crippen molar-refractivity contribution in [2.24, 2.45) is 0 Å². The molecule has 0 radical (unpaired) electrons. The highest BCUT2D eigenvalue weighted by Crippen LogP contribution is 2.30. The number of nitrogens with zero attached hydrogens (tertiary/aromatic N) is 4. The first-order valence-electron chi connectivity index (χ1n) is 11.7. The van der Waals surface area contributed by atoms with Crippen LogP contribution in [0.2, 0.25) is 0 Å². The average Bonchev–Trinajstić information content (AvgIpc) is 2.82. The third kappa shape index (κ3) is 4.83. The lowest BCUT2D eigenvalue weighted by Crippen LogP contribution is -2.53. The lowest BCUT2D eigenvalue weighted by molar-refractivity contribution is -0.000701. The van der Waals surface area contributed by atoms with Crippen LogP contribution >= 0.6 is 0 Å². The van der Waals surface area contributed by atoms with E-state index in [1.807, 2.05) is 12.1 Å². The number of para-hydroxylation sites is 1. The maximum atomic E-state index is 5.63. The van der Waals surface area contributed by atoms with Gasteiger partial charge in [-0.25, -0.2) is 4.98 Å². The lowest BCUT2D eigenvalue weighted by atomic mass is 9.88. The molecule has 0 bridgehead atoms. The van der Waals surface area contributed by atoms with Crippen LogP contribution in [0.4, 0.5) is 11.8 Å². The first-order chi connectivity index (χ1) is 15.4. The Morgan fingerprint density at radius 3 is 1.88 bits per heavy atom. The molecule has 0 saturated carbocycles. The van der Waals surface area contributed by atoms with Crippen LogP contribution in [0.25, 0.3) is 10.9 Å². The molecule has 2 aliphatic rings. The largest absolute Gasteiger partial charge is 0.381 e. The van der Waals surface area contributed by atoms with Crippen LogP contribution in [0.1, 0.15) is 25.7 Å². The van der Waals surface area contributed by atoms with E-state index in [2.05, 4.69) is 60.8 Å². The van der Waals surface area contributed by atoms with Gasteiger partial charge in [-0.3, -0.25) is 0 Å². The summed E-state index contributed by atoms with van der Waals surface area (Å²) in [7, 11) is 8.62. The first kappa shape index (κ1) is 23.2. The Morgan fingerprint density at radius 1 is 0.781 bits per heavy atom. The van der Waals surface area contributed by atoms with Crippen molar-refractivity contribution in [1.29, 1.82) is 0 Å². The molecule has 2 aromatic rings. The maximum Gasteiger partial charge on any atom is 0.225 e. The summed E-state index contributed by atoms with van der Waals surface area (Å²) in [6, 6.07) is 8.22. The summed E-state index contributed by atoms with van der Waals surface area (Å²) in [5, 5.41) is 8.27. The van der Waals surface area contributed by atoms with E-state index in [0.717, 1.165) is 81.9 Å². The minimum atomic E-state index is 0.0535. The van der Waals surface area contributed by atoms with Crippen LogP contribution in [-0.2, 0) is 9.47 Å². The molecule has 2 N–H and O–H groups in total. The third-order valence-electron chi connectivity index (χ3n) is 7.51. The minimum Gasteiger partial charge on any atom is -0.381 e. The standard InChI is InChI=1S/C24H38N6O2/c1-29(2)23(9-13-31-14-10-23)17-25-21-19-7-5-6-8-20(19)27-22(28-21)26-18-24(30(3)4)11-15-32-16-12-24/h5-8H,9-18H2,1-4H3,(H2,25,26,27,28). The highest BCUT2D eigenvalue weighted by Gasteiger charge is 2.36. The van der Waals surface area contributed by atoms with Crippen LogP contribution in [0.5, 0.6) is 0 Å². The van der Waals surface area contributed by atoms with Crippen molar-refractivity contribution in [3.05, 3.63) is 24.3 Å². The van der Waals surface area contributed by atoms with E-state index in [9.17, 15) is 0 Å². The highest BCUT2D eigenvalue weighted by molar-refractivity contribution is 5.90. The highest BCUT2D eigenvalue weighted by atomic mass is 16.5. The van der Waals surface area contributed by atoms with Crippen molar-refractivity contribution in [3.8, 4) is 0 Å². The third-order valence-corrected chi connectivity index (χ3v) is 7.51. The summed E-state index contributed by atoms with van der Waals surface area (Å²) in [6.45, 7) is 4.80. The summed E-state index contributed by atoms with van der Waals surface area (Å²) in [4.78, 5) is 14.4. The van der Waals surface area contributed by atoms with Crippen LogP contribution in [0.15, 0.2) is 24.3 Å². The Kier molecular flexibility index (Phi) is 7.14. The molecule has 1 aromatic carbocycles. The molecule has 2 saturated heterocycles. The molecule has 0 aliphatic carbocycles. The topological polar surface area (TPSA) is 74.8 Å². The fraction of sp³-hybridized carbons (Fsp3) is 0.667. The van der Waals surface area contributed by atoms with Crippen LogP contribution < -0.4 is 10.6 Å². The van der Waals surface area contributed by atoms with Crippen LogP contribution in [-0.4, -0.2) is 98.6 Å². The molecule has 176 valence electrons. The van der Waals surface area contributed by atoms with Crippen LogP contribution in [0.3, 0.4) is 0 Å². The van der Waals surface area contributed by atoms with Crippen molar-refractivity contribution in [2.45, 2.75) is 36.8 Å². The van der Waals surface area contributed by atoms with Gasteiger partial charge in [-0.1, -0.05) is 12.1 Å². The second kappa shape index (κ2) is 9.87. The lowest BCUT2D eigenvalue weighted by Gasteiger charge is -2.43. The van der Waals surface area contributed by atoms with E-state index in [1.54, 1.807) is 0 Å². The second-order valence-corrected chi connectivity index (χ2v) is 9.58. The Bertz CT molecular complexity index is 891. The van der Waals surface area contributed by atoms with E-state index in [1.165, 1.54) is 0 Å². The normalized spacial score (nSPS) is 20.6. The maximum absolute atomic E-state index is 5.63. The number of rotatable bonds is 8. The smallest absolute Gasteiger partial charge is 0.225 e. The molecule has 32 heavy (non-hydrogen) atoms. The summed E-state index contributed by atoms with van der Waals surface area (Å²) in [5.74, 6) is 1.56. The predicted molar refractivity (Wildman–Crippen MR) is 129 cm³/mol. The van der Waals surface area contributed by atoms with Crippen molar-refractivity contribution in [2.75, 3.05) is 78.3 Å². The number of aromatic nitrogens is 2. The summed E-state index contributed by atoms with van der Waals surface area (Å²) in [6.07, 6.45) is 4.02. The Balaban J connectivity index is 1.56. The number of benzene rings is 1. The van der Waals surface area contributed by atoms with Crippen molar-refractivity contribution in [1.82, 2.24) is 19.8 Å².